The minimum atomic E-state index is -0.260. The number of rotatable bonds is 3. The van der Waals surface area contributed by atoms with Crippen LogP contribution in [0.2, 0.25) is 0 Å². The molecule has 1 saturated heterocycles. The van der Waals surface area contributed by atoms with Crippen LogP contribution in [-0.4, -0.2) is 42.2 Å². The Balaban J connectivity index is 1.35. The summed E-state index contributed by atoms with van der Waals surface area (Å²) < 4.78 is 5.87. The van der Waals surface area contributed by atoms with E-state index in [-0.39, 0.29) is 18.1 Å². The maximum Gasteiger partial charge on any atom is 0.410 e. The van der Waals surface area contributed by atoms with Gasteiger partial charge in [0, 0.05) is 30.9 Å². The average molecular weight is 406 g/mol. The van der Waals surface area contributed by atoms with Crippen LogP contribution in [0.3, 0.4) is 0 Å². The molecule has 0 bridgehead atoms. The predicted molar refractivity (Wildman–Crippen MR) is 114 cm³/mol. The summed E-state index contributed by atoms with van der Waals surface area (Å²) in [4.78, 5) is 19.4. The molecule has 1 unspecified atom stereocenters. The molecular formula is C23H23N3O2S. The van der Waals surface area contributed by atoms with E-state index >= 15 is 0 Å². The van der Waals surface area contributed by atoms with Crippen molar-refractivity contribution in [3.05, 3.63) is 75.7 Å². The monoisotopic (exact) mass is 405 g/mol. The van der Waals surface area contributed by atoms with Gasteiger partial charge < -0.3 is 10.1 Å². The minimum absolute atomic E-state index is 0.0780. The normalized spacial score (nSPS) is 18.4. The molecule has 2 aromatic carbocycles. The van der Waals surface area contributed by atoms with Crippen LogP contribution in [0.1, 0.15) is 33.8 Å². The summed E-state index contributed by atoms with van der Waals surface area (Å²) in [7, 11) is 0. The maximum atomic E-state index is 13.0. The van der Waals surface area contributed by atoms with E-state index in [9.17, 15) is 4.79 Å². The van der Waals surface area contributed by atoms with Crippen molar-refractivity contribution in [2.24, 2.45) is 0 Å². The Labute approximate surface area is 174 Å². The van der Waals surface area contributed by atoms with Gasteiger partial charge in [-0.3, -0.25) is 4.90 Å². The molecule has 1 amide bonds. The second-order valence-electron chi connectivity index (χ2n) is 7.51. The number of aromatic nitrogens is 1. The highest BCUT2D eigenvalue weighted by Gasteiger charge is 2.33. The standard InChI is InChI=1S/C23H23N3O2S/c1-15-25-21(14-29-15)22-12-24-10-11-26(22)23(27)28-13-20-18-8-4-2-6-16(18)17-7-3-5-9-19(17)20/h2-9,14,20,22,24H,10-13H2,1H3. The number of fused-ring (bicyclic) bond motifs is 3. The highest BCUT2D eigenvalue weighted by molar-refractivity contribution is 7.09. The number of carbonyl (C=O) groups is 1. The van der Waals surface area contributed by atoms with Crippen molar-refractivity contribution in [1.29, 1.82) is 0 Å². The van der Waals surface area contributed by atoms with Crippen LogP contribution in [0.15, 0.2) is 53.9 Å². The molecule has 0 radical (unpaired) electrons. The van der Waals surface area contributed by atoms with Gasteiger partial charge in [-0.2, -0.15) is 0 Å². The van der Waals surface area contributed by atoms with Gasteiger partial charge in [-0.25, -0.2) is 9.78 Å². The molecule has 3 aromatic rings. The SMILES string of the molecule is Cc1nc(C2CNCCN2C(=O)OCC2c3ccccc3-c3ccccc32)cs1. The number of benzene rings is 2. The van der Waals surface area contributed by atoms with E-state index in [1.165, 1.54) is 22.3 Å². The van der Waals surface area contributed by atoms with E-state index in [0.717, 1.165) is 17.2 Å². The molecule has 29 heavy (non-hydrogen) atoms. The van der Waals surface area contributed by atoms with Crippen molar-refractivity contribution in [1.82, 2.24) is 15.2 Å². The molecule has 5 rings (SSSR count). The van der Waals surface area contributed by atoms with E-state index in [1.54, 1.807) is 11.3 Å². The van der Waals surface area contributed by atoms with Crippen molar-refractivity contribution in [3.63, 3.8) is 0 Å². The first-order valence-electron chi connectivity index (χ1n) is 9.97. The third-order valence-corrected chi connectivity index (χ3v) is 6.58. The lowest BCUT2D eigenvalue weighted by atomic mass is 9.98. The van der Waals surface area contributed by atoms with E-state index < -0.39 is 0 Å². The van der Waals surface area contributed by atoms with Gasteiger partial charge in [0.25, 0.3) is 0 Å². The molecule has 0 saturated carbocycles. The van der Waals surface area contributed by atoms with Gasteiger partial charge in [-0.15, -0.1) is 11.3 Å². The predicted octanol–water partition coefficient (Wildman–Crippen LogP) is 4.35. The van der Waals surface area contributed by atoms with Crippen LogP contribution in [0, 0.1) is 6.92 Å². The fourth-order valence-corrected chi connectivity index (χ4v) is 5.06. The largest absolute Gasteiger partial charge is 0.448 e. The molecule has 1 atom stereocenters. The van der Waals surface area contributed by atoms with Crippen LogP contribution in [-0.2, 0) is 4.74 Å². The number of thiazole rings is 1. The first kappa shape index (κ1) is 18.3. The van der Waals surface area contributed by atoms with E-state index in [2.05, 4.69) is 58.8 Å². The van der Waals surface area contributed by atoms with Crippen LogP contribution < -0.4 is 5.32 Å². The second kappa shape index (κ2) is 7.61. The number of carbonyl (C=O) groups excluding carboxylic acids is 1. The van der Waals surface area contributed by atoms with E-state index in [1.807, 2.05) is 17.2 Å². The third-order valence-electron chi connectivity index (χ3n) is 5.79. The molecular weight excluding hydrogens is 382 g/mol. The van der Waals surface area contributed by atoms with Crippen molar-refractivity contribution < 1.29 is 9.53 Å². The van der Waals surface area contributed by atoms with Gasteiger partial charge in [-0.05, 0) is 29.2 Å². The van der Waals surface area contributed by atoms with Crippen molar-refractivity contribution in [3.8, 4) is 11.1 Å². The van der Waals surface area contributed by atoms with Crippen molar-refractivity contribution in [2.75, 3.05) is 26.2 Å². The lowest BCUT2D eigenvalue weighted by molar-refractivity contribution is 0.0744. The van der Waals surface area contributed by atoms with Crippen LogP contribution in [0.4, 0.5) is 4.79 Å². The first-order valence-corrected chi connectivity index (χ1v) is 10.8. The zero-order valence-corrected chi connectivity index (χ0v) is 17.1. The first-order chi connectivity index (χ1) is 14.2. The zero-order valence-electron chi connectivity index (χ0n) is 16.3. The van der Waals surface area contributed by atoms with Gasteiger partial charge in [0.1, 0.15) is 6.61 Å². The Hall–Kier alpha value is -2.70. The molecule has 2 heterocycles. The fourth-order valence-electron chi connectivity index (χ4n) is 4.40. The molecule has 1 aliphatic carbocycles. The van der Waals surface area contributed by atoms with Gasteiger partial charge in [0.15, 0.2) is 0 Å². The second-order valence-corrected chi connectivity index (χ2v) is 8.57. The maximum absolute atomic E-state index is 13.0. The Morgan fingerprint density at radius 3 is 2.52 bits per heavy atom. The zero-order chi connectivity index (χ0) is 19.8. The summed E-state index contributed by atoms with van der Waals surface area (Å²) in [5.74, 6) is 0.0780. The average Bonchev–Trinajstić information content (AvgIpc) is 3.33. The van der Waals surface area contributed by atoms with Gasteiger partial charge in [-0.1, -0.05) is 48.5 Å². The highest BCUT2D eigenvalue weighted by atomic mass is 32.1. The summed E-state index contributed by atoms with van der Waals surface area (Å²) in [5, 5.41) is 6.42. The number of nitrogens with one attached hydrogen (secondary N) is 1. The molecule has 1 fully saturated rings. The van der Waals surface area contributed by atoms with Crippen LogP contribution in [0.25, 0.3) is 11.1 Å². The van der Waals surface area contributed by atoms with Gasteiger partial charge in [0.05, 0.1) is 16.7 Å². The Morgan fingerprint density at radius 2 is 1.86 bits per heavy atom. The Morgan fingerprint density at radius 1 is 1.17 bits per heavy atom. The third kappa shape index (κ3) is 3.32. The number of hydrogen-bond acceptors (Lipinski definition) is 5. The fraction of sp³-hybridized carbons (Fsp3) is 0.304. The summed E-state index contributed by atoms with van der Waals surface area (Å²) in [5.41, 5.74) is 5.87. The Bertz CT molecular complexity index is 1000. The topological polar surface area (TPSA) is 54.5 Å². The Kier molecular flexibility index (Phi) is 4.81. The number of hydrogen-bond donors (Lipinski definition) is 1. The van der Waals surface area contributed by atoms with Crippen molar-refractivity contribution >= 4 is 17.4 Å². The molecule has 2 aliphatic rings. The van der Waals surface area contributed by atoms with E-state index in [0.29, 0.717) is 19.7 Å². The number of amides is 1. The van der Waals surface area contributed by atoms with Crippen molar-refractivity contribution in [2.45, 2.75) is 18.9 Å². The molecule has 0 spiro atoms. The molecule has 6 heteroatoms. The highest BCUT2D eigenvalue weighted by Crippen LogP contribution is 2.44. The molecule has 1 N–H and O–H groups in total. The molecule has 1 aliphatic heterocycles. The quantitative estimate of drug-likeness (QED) is 0.704. The number of nitrogens with zero attached hydrogens (tertiary/aromatic N) is 2. The van der Waals surface area contributed by atoms with E-state index in [4.69, 9.17) is 4.74 Å². The molecule has 148 valence electrons. The lowest BCUT2D eigenvalue weighted by Gasteiger charge is -2.34. The summed E-state index contributed by atoms with van der Waals surface area (Å²) in [6.07, 6.45) is -0.260. The summed E-state index contributed by atoms with van der Waals surface area (Å²) >= 11 is 1.61. The number of ether oxygens (including phenoxy) is 1. The molecule has 1 aromatic heterocycles. The molecule has 5 nitrogen and oxygen atoms in total. The van der Waals surface area contributed by atoms with Gasteiger partial charge in [0.2, 0.25) is 0 Å². The number of piperazine rings is 1. The van der Waals surface area contributed by atoms with Crippen LogP contribution >= 0.6 is 11.3 Å². The lowest BCUT2D eigenvalue weighted by Crippen LogP contribution is -2.49. The van der Waals surface area contributed by atoms with Gasteiger partial charge >= 0.3 is 6.09 Å². The number of aryl methyl sites for hydroxylation is 1. The van der Waals surface area contributed by atoms with Crippen LogP contribution in [0.5, 0.6) is 0 Å². The smallest absolute Gasteiger partial charge is 0.410 e. The summed E-state index contributed by atoms with van der Waals surface area (Å²) in [6, 6.07) is 16.7. The minimum Gasteiger partial charge on any atom is -0.448 e. The summed E-state index contributed by atoms with van der Waals surface area (Å²) in [6.45, 7) is 4.43.